The van der Waals surface area contributed by atoms with Crippen LogP contribution in [0.4, 0.5) is 30.7 Å². The highest BCUT2D eigenvalue weighted by Crippen LogP contribution is 2.45. The van der Waals surface area contributed by atoms with Crippen LogP contribution < -0.4 is 0 Å². The molecule has 1 aliphatic carbocycles. The zero-order chi connectivity index (χ0) is 28.7. The van der Waals surface area contributed by atoms with Crippen molar-refractivity contribution in [2.24, 2.45) is 17.3 Å². The Morgan fingerprint density at radius 3 is 2.00 bits per heavy atom. The van der Waals surface area contributed by atoms with Gasteiger partial charge in [0.1, 0.15) is 5.82 Å². The molecule has 3 fully saturated rings. The Labute approximate surface area is 215 Å². The summed E-state index contributed by atoms with van der Waals surface area (Å²) in [5, 5.41) is 14.2. The molecule has 2 heterocycles. The molecule has 14 heteroatoms. The van der Waals surface area contributed by atoms with Crippen LogP contribution in [0.2, 0.25) is 0 Å². The first-order valence-electron chi connectivity index (χ1n) is 11.8. The molecular formula is C24H31F7N2O5. The summed E-state index contributed by atoms with van der Waals surface area (Å²) in [5.41, 5.74) is 1.17. The van der Waals surface area contributed by atoms with E-state index in [4.69, 9.17) is 24.5 Å². The van der Waals surface area contributed by atoms with Gasteiger partial charge >= 0.3 is 24.3 Å². The van der Waals surface area contributed by atoms with Crippen molar-refractivity contribution in [1.29, 1.82) is 0 Å². The third-order valence-corrected chi connectivity index (χ3v) is 6.77. The number of carboxylic acids is 2. The molecular weight excluding hydrogens is 529 g/mol. The number of likely N-dealkylation sites (tertiary alicyclic amines) is 2. The van der Waals surface area contributed by atoms with Crippen molar-refractivity contribution in [1.82, 2.24) is 9.80 Å². The van der Waals surface area contributed by atoms with E-state index in [1.165, 1.54) is 38.9 Å². The number of hydrogen-bond donors (Lipinski definition) is 2. The van der Waals surface area contributed by atoms with Crippen LogP contribution in [0, 0.1) is 23.1 Å². The average molecular weight is 561 g/mol. The molecule has 0 radical (unpaired) electrons. The van der Waals surface area contributed by atoms with Gasteiger partial charge in [0.2, 0.25) is 0 Å². The molecule has 1 spiro atoms. The van der Waals surface area contributed by atoms with Gasteiger partial charge in [0.05, 0.1) is 6.61 Å². The number of ether oxygens (including phenoxy) is 1. The third-order valence-electron chi connectivity index (χ3n) is 6.77. The first kappa shape index (κ1) is 31.8. The molecule has 216 valence electrons. The number of carbonyl (C=O) groups is 2. The summed E-state index contributed by atoms with van der Waals surface area (Å²) in [7, 11) is 1.82. The highest BCUT2D eigenvalue weighted by molar-refractivity contribution is 5.73. The van der Waals surface area contributed by atoms with Crippen LogP contribution in [-0.4, -0.2) is 90.7 Å². The lowest BCUT2D eigenvalue weighted by Gasteiger charge is -2.30. The summed E-state index contributed by atoms with van der Waals surface area (Å²) in [6, 6.07) is 7.19. The highest BCUT2D eigenvalue weighted by Gasteiger charge is 2.50. The molecule has 0 amide bonds. The number of benzene rings is 1. The molecule has 2 atom stereocenters. The Hall–Kier alpha value is -2.45. The van der Waals surface area contributed by atoms with Crippen LogP contribution in [0.3, 0.4) is 0 Å². The Kier molecular flexibility index (Phi) is 10.9. The van der Waals surface area contributed by atoms with Crippen molar-refractivity contribution in [2.75, 3.05) is 46.4 Å². The second kappa shape index (κ2) is 13.1. The summed E-state index contributed by atoms with van der Waals surface area (Å²) in [6.45, 7) is 7.40. The molecule has 7 nitrogen and oxygen atoms in total. The Morgan fingerprint density at radius 1 is 1.00 bits per heavy atom. The van der Waals surface area contributed by atoms with E-state index in [0.717, 1.165) is 37.7 Å². The van der Waals surface area contributed by atoms with Gasteiger partial charge in [-0.15, -0.1) is 0 Å². The van der Waals surface area contributed by atoms with Crippen molar-refractivity contribution in [3.63, 3.8) is 0 Å². The van der Waals surface area contributed by atoms with E-state index < -0.39 is 24.3 Å². The summed E-state index contributed by atoms with van der Waals surface area (Å²) >= 11 is 0. The fourth-order valence-electron chi connectivity index (χ4n) is 4.83. The van der Waals surface area contributed by atoms with Crippen molar-refractivity contribution in [3.8, 4) is 0 Å². The molecule has 2 N–H and O–H groups in total. The Balaban J connectivity index is 0.000000301. The maximum atomic E-state index is 14.0. The van der Waals surface area contributed by atoms with Gasteiger partial charge in [-0.1, -0.05) is 18.2 Å². The fourth-order valence-corrected chi connectivity index (χ4v) is 4.83. The molecule has 4 rings (SSSR count). The van der Waals surface area contributed by atoms with Crippen LogP contribution in [0.25, 0.3) is 0 Å². The third kappa shape index (κ3) is 9.70. The summed E-state index contributed by atoms with van der Waals surface area (Å²) < 4.78 is 83.0. The minimum atomic E-state index is -5.08. The second-order valence-corrected chi connectivity index (χ2v) is 9.81. The maximum absolute atomic E-state index is 14.0. The topological polar surface area (TPSA) is 90.3 Å². The number of carboxylic acid groups (broad SMARTS) is 2. The minimum absolute atomic E-state index is 0.0753. The lowest BCUT2D eigenvalue weighted by atomic mass is 9.77. The molecule has 1 aromatic carbocycles. The van der Waals surface area contributed by atoms with E-state index in [1.807, 2.05) is 19.2 Å². The molecule has 3 aliphatic rings. The number of halogens is 7. The van der Waals surface area contributed by atoms with Crippen LogP contribution >= 0.6 is 0 Å². The normalized spacial score (nSPS) is 23.9. The quantitative estimate of drug-likeness (QED) is 0.503. The maximum Gasteiger partial charge on any atom is 0.490 e. The van der Waals surface area contributed by atoms with Gasteiger partial charge in [0, 0.05) is 56.7 Å². The number of nitrogens with zero attached hydrogens (tertiary/aromatic N) is 2. The van der Waals surface area contributed by atoms with E-state index in [1.54, 1.807) is 12.1 Å². The largest absolute Gasteiger partial charge is 0.490 e. The Bertz CT molecular complexity index is 915. The lowest BCUT2D eigenvalue weighted by Crippen LogP contribution is -2.36. The van der Waals surface area contributed by atoms with Crippen molar-refractivity contribution in [2.45, 2.75) is 38.2 Å². The van der Waals surface area contributed by atoms with Gasteiger partial charge in [-0.05, 0) is 37.8 Å². The van der Waals surface area contributed by atoms with E-state index in [0.29, 0.717) is 11.3 Å². The number of methoxy groups -OCH3 is 1. The van der Waals surface area contributed by atoms with Crippen LogP contribution in [0.15, 0.2) is 24.3 Å². The van der Waals surface area contributed by atoms with E-state index in [9.17, 15) is 30.7 Å². The van der Waals surface area contributed by atoms with E-state index in [-0.39, 0.29) is 5.82 Å². The van der Waals surface area contributed by atoms with Crippen LogP contribution in [0.5, 0.6) is 0 Å². The number of rotatable bonds is 6. The van der Waals surface area contributed by atoms with Gasteiger partial charge < -0.3 is 19.8 Å². The first-order chi connectivity index (χ1) is 17.6. The average Bonchev–Trinajstić information content (AvgIpc) is 3.43. The molecule has 2 aliphatic heterocycles. The summed E-state index contributed by atoms with van der Waals surface area (Å²) in [5.74, 6) is -4.03. The zero-order valence-corrected chi connectivity index (χ0v) is 20.7. The zero-order valence-electron chi connectivity index (χ0n) is 20.7. The van der Waals surface area contributed by atoms with Crippen LogP contribution in [0.1, 0.15) is 24.8 Å². The molecule has 1 aromatic rings. The Morgan fingerprint density at radius 2 is 1.53 bits per heavy atom. The molecule has 0 aromatic heterocycles. The van der Waals surface area contributed by atoms with Gasteiger partial charge in [0.15, 0.2) is 0 Å². The van der Waals surface area contributed by atoms with Crippen molar-refractivity contribution in [3.05, 3.63) is 35.6 Å². The smallest absolute Gasteiger partial charge is 0.475 e. The van der Waals surface area contributed by atoms with E-state index in [2.05, 4.69) is 9.80 Å². The molecule has 1 saturated carbocycles. The number of alkyl halides is 6. The number of aliphatic carboxylic acids is 2. The second-order valence-electron chi connectivity index (χ2n) is 9.81. The monoisotopic (exact) mass is 560 g/mol. The summed E-state index contributed by atoms with van der Waals surface area (Å²) in [6.07, 6.45) is -6.12. The fraction of sp³-hybridized carbons (Fsp3) is 0.667. The van der Waals surface area contributed by atoms with E-state index >= 15 is 0 Å². The van der Waals surface area contributed by atoms with Crippen LogP contribution in [-0.2, 0) is 20.9 Å². The predicted molar refractivity (Wildman–Crippen MR) is 121 cm³/mol. The van der Waals surface area contributed by atoms with Crippen molar-refractivity contribution < 1.29 is 55.3 Å². The molecule has 2 saturated heterocycles. The van der Waals surface area contributed by atoms with Gasteiger partial charge in [-0.2, -0.15) is 26.3 Å². The standard InChI is InChI=1S/C20H29FN2O.2C2HF3O2/c1-24-13-18-12-23(10-16-6-7-16)15-20(18)8-9-22(14-20)11-17-4-2-3-5-19(17)21;2*3-2(4,5)1(6)7/h2-5,16,18H,6-15H2,1H3;2*(H,6,7)/t18-,20+;;/m1../s1. The molecule has 0 bridgehead atoms. The minimum Gasteiger partial charge on any atom is -0.475 e. The molecule has 0 unspecified atom stereocenters. The highest BCUT2D eigenvalue weighted by atomic mass is 19.4. The first-order valence-corrected chi connectivity index (χ1v) is 11.8. The summed E-state index contributed by atoms with van der Waals surface area (Å²) in [4.78, 5) is 22.9. The SMILES string of the molecule is COC[C@H]1CN(CC2CC2)C[C@@]12CCN(Cc1ccccc1F)C2.O=C(O)C(F)(F)F.O=C(O)C(F)(F)F. The molecule has 38 heavy (non-hydrogen) atoms. The van der Waals surface area contributed by atoms with Gasteiger partial charge in [0.25, 0.3) is 0 Å². The van der Waals surface area contributed by atoms with Crippen molar-refractivity contribution >= 4 is 11.9 Å². The van der Waals surface area contributed by atoms with Gasteiger partial charge in [-0.25, -0.2) is 14.0 Å². The lowest BCUT2D eigenvalue weighted by molar-refractivity contribution is -0.193. The predicted octanol–water partition coefficient (Wildman–Crippen LogP) is 4.27. The number of hydrogen-bond acceptors (Lipinski definition) is 5. The van der Waals surface area contributed by atoms with Gasteiger partial charge in [-0.3, -0.25) is 4.90 Å².